The third kappa shape index (κ3) is 3.14. The summed E-state index contributed by atoms with van der Waals surface area (Å²) in [6.45, 7) is 8.32. The van der Waals surface area contributed by atoms with Crippen LogP contribution in [-0.2, 0) is 4.79 Å². The molecule has 0 spiro atoms. The summed E-state index contributed by atoms with van der Waals surface area (Å²) in [5.41, 5.74) is 1.03. The molecule has 80 valence electrons. The second-order valence-corrected chi connectivity index (χ2v) is 4.19. The van der Waals surface area contributed by atoms with Crippen LogP contribution in [0.25, 0.3) is 0 Å². The number of piperidine rings is 1. The highest BCUT2D eigenvalue weighted by molar-refractivity contribution is 5.79. The number of likely N-dealkylation sites (N-methyl/N-ethyl adjacent to an activating group) is 1. The highest BCUT2D eigenvalue weighted by atomic mass is 16.2. The van der Waals surface area contributed by atoms with Crippen LogP contribution in [0.1, 0.15) is 19.8 Å². The standard InChI is InChI=1S/C11H20N2O/c1-9(2)8-13(3)11(14)10-5-4-6-12-7-10/h10,12H,1,4-8H2,2-3H3/t10-/m0/s1. The van der Waals surface area contributed by atoms with Gasteiger partial charge in [0.05, 0.1) is 5.92 Å². The second-order valence-electron chi connectivity index (χ2n) is 4.19. The number of hydrogen-bond acceptors (Lipinski definition) is 2. The van der Waals surface area contributed by atoms with E-state index < -0.39 is 0 Å². The van der Waals surface area contributed by atoms with E-state index in [2.05, 4.69) is 11.9 Å². The van der Waals surface area contributed by atoms with Crippen molar-refractivity contribution >= 4 is 5.91 Å². The summed E-state index contributed by atoms with van der Waals surface area (Å²) < 4.78 is 0. The van der Waals surface area contributed by atoms with E-state index in [4.69, 9.17) is 0 Å². The Balaban J connectivity index is 2.42. The first kappa shape index (κ1) is 11.2. The number of nitrogens with one attached hydrogen (secondary N) is 1. The predicted molar refractivity (Wildman–Crippen MR) is 58.0 cm³/mol. The maximum atomic E-state index is 11.9. The van der Waals surface area contributed by atoms with Gasteiger partial charge in [-0.05, 0) is 26.3 Å². The highest BCUT2D eigenvalue weighted by Gasteiger charge is 2.23. The predicted octanol–water partition coefficient (Wildman–Crippen LogP) is 1.02. The summed E-state index contributed by atoms with van der Waals surface area (Å²) in [5, 5.41) is 3.25. The fraction of sp³-hybridized carbons (Fsp3) is 0.727. The molecule has 1 fully saturated rings. The molecular formula is C11H20N2O. The Labute approximate surface area is 86.2 Å². The molecule has 0 aliphatic carbocycles. The number of nitrogens with zero attached hydrogens (tertiary/aromatic N) is 1. The Bertz CT molecular complexity index is 219. The summed E-state index contributed by atoms with van der Waals surface area (Å²) in [7, 11) is 1.85. The number of hydrogen-bond donors (Lipinski definition) is 1. The molecule has 1 atom stereocenters. The second kappa shape index (κ2) is 5.15. The zero-order chi connectivity index (χ0) is 10.6. The van der Waals surface area contributed by atoms with Gasteiger partial charge in [0.1, 0.15) is 0 Å². The van der Waals surface area contributed by atoms with Gasteiger partial charge >= 0.3 is 0 Å². The average molecular weight is 196 g/mol. The maximum absolute atomic E-state index is 11.9. The zero-order valence-corrected chi connectivity index (χ0v) is 9.18. The van der Waals surface area contributed by atoms with E-state index in [0.717, 1.165) is 31.5 Å². The molecule has 1 amide bonds. The molecule has 3 nitrogen and oxygen atoms in total. The first-order valence-electron chi connectivity index (χ1n) is 5.21. The van der Waals surface area contributed by atoms with E-state index in [9.17, 15) is 4.79 Å². The molecule has 0 bridgehead atoms. The summed E-state index contributed by atoms with van der Waals surface area (Å²) in [4.78, 5) is 13.7. The Morgan fingerprint density at radius 1 is 1.64 bits per heavy atom. The summed E-state index contributed by atoms with van der Waals surface area (Å²) in [6, 6.07) is 0. The van der Waals surface area contributed by atoms with Crippen molar-refractivity contribution in [1.29, 1.82) is 0 Å². The van der Waals surface area contributed by atoms with Crippen molar-refractivity contribution in [2.45, 2.75) is 19.8 Å². The van der Waals surface area contributed by atoms with Crippen molar-refractivity contribution in [3.05, 3.63) is 12.2 Å². The Morgan fingerprint density at radius 2 is 2.36 bits per heavy atom. The molecular weight excluding hydrogens is 176 g/mol. The van der Waals surface area contributed by atoms with E-state index in [1.807, 2.05) is 14.0 Å². The number of amides is 1. The minimum atomic E-state index is 0.174. The lowest BCUT2D eigenvalue weighted by atomic mass is 9.98. The van der Waals surface area contributed by atoms with Crippen LogP contribution in [0.3, 0.4) is 0 Å². The van der Waals surface area contributed by atoms with Crippen LogP contribution >= 0.6 is 0 Å². The van der Waals surface area contributed by atoms with E-state index in [0.29, 0.717) is 6.54 Å². The molecule has 14 heavy (non-hydrogen) atoms. The van der Waals surface area contributed by atoms with E-state index >= 15 is 0 Å². The maximum Gasteiger partial charge on any atom is 0.226 e. The summed E-state index contributed by atoms with van der Waals surface area (Å²) in [6.07, 6.45) is 2.13. The van der Waals surface area contributed by atoms with E-state index in [1.165, 1.54) is 0 Å². The molecule has 3 heteroatoms. The molecule has 0 saturated carbocycles. The first-order valence-corrected chi connectivity index (χ1v) is 5.21. The molecule has 1 heterocycles. The molecule has 1 aliphatic rings. The van der Waals surface area contributed by atoms with Crippen LogP contribution in [0.5, 0.6) is 0 Å². The minimum Gasteiger partial charge on any atom is -0.342 e. The van der Waals surface area contributed by atoms with Crippen LogP contribution in [0, 0.1) is 5.92 Å². The van der Waals surface area contributed by atoms with Gasteiger partial charge in [-0.1, -0.05) is 12.2 Å². The molecule has 1 N–H and O–H groups in total. The molecule has 1 rings (SSSR count). The minimum absolute atomic E-state index is 0.174. The fourth-order valence-electron chi connectivity index (χ4n) is 1.86. The number of carbonyl (C=O) groups is 1. The fourth-order valence-corrected chi connectivity index (χ4v) is 1.86. The first-order chi connectivity index (χ1) is 6.61. The largest absolute Gasteiger partial charge is 0.342 e. The topological polar surface area (TPSA) is 32.3 Å². The Kier molecular flexibility index (Phi) is 4.14. The Hall–Kier alpha value is -0.830. The van der Waals surface area contributed by atoms with E-state index in [-0.39, 0.29) is 11.8 Å². The lowest BCUT2D eigenvalue weighted by molar-refractivity contribution is -0.134. The molecule has 0 aromatic heterocycles. The van der Waals surface area contributed by atoms with Gasteiger partial charge in [0.25, 0.3) is 0 Å². The van der Waals surface area contributed by atoms with Crippen molar-refractivity contribution in [2.24, 2.45) is 5.92 Å². The lowest BCUT2D eigenvalue weighted by Gasteiger charge is -2.27. The number of rotatable bonds is 3. The average Bonchev–Trinajstić information content (AvgIpc) is 2.17. The zero-order valence-electron chi connectivity index (χ0n) is 9.18. The van der Waals surface area contributed by atoms with Gasteiger partial charge in [-0.15, -0.1) is 0 Å². The quantitative estimate of drug-likeness (QED) is 0.684. The van der Waals surface area contributed by atoms with Crippen molar-refractivity contribution in [3.63, 3.8) is 0 Å². The van der Waals surface area contributed by atoms with Crippen LogP contribution in [0.4, 0.5) is 0 Å². The third-order valence-electron chi connectivity index (χ3n) is 2.53. The van der Waals surface area contributed by atoms with Gasteiger partial charge in [0.2, 0.25) is 5.91 Å². The van der Waals surface area contributed by atoms with Crippen molar-refractivity contribution < 1.29 is 4.79 Å². The lowest BCUT2D eigenvalue weighted by Crippen LogP contribution is -2.41. The monoisotopic (exact) mass is 196 g/mol. The molecule has 1 saturated heterocycles. The molecule has 0 radical (unpaired) electrons. The van der Waals surface area contributed by atoms with Gasteiger partial charge in [0, 0.05) is 20.1 Å². The van der Waals surface area contributed by atoms with Crippen molar-refractivity contribution in [1.82, 2.24) is 10.2 Å². The molecule has 1 aliphatic heterocycles. The van der Waals surface area contributed by atoms with Gasteiger partial charge in [-0.2, -0.15) is 0 Å². The van der Waals surface area contributed by atoms with Crippen molar-refractivity contribution in [3.8, 4) is 0 Å². The summed E-state index contributed by atoms with van der Waals surface area (Å²) >= 11 is 0. The summed E-state index contributed by atoms with van der Waals surface area (Å²) in [5.74, 6) is 0.424. The van der Waals surface area contributed by atoms with Gasteiger partial charge in [-0.25, -0.2) is 0 Å². The van der Waals surface area contributed by atoms with Gasteiger partial charge in [0.15, 0.2) is 0 Å². The van der Waals surface area contributed by atoms with Crippen LogP contribution in [-0.4, -0.2) is 37.5 Å². The molecule has 0 aromatic rings. The third-order valence-corrected chi connectivity index (χ3v) is 2.53. The normalized spacial score (nSPS) is 21.7. The smallest absolute Gasteiger partial charge is 0.226 e. The highest BCUT2D eigenvalue weighted by Crippen LogP contribution is 2.12. The molecule has 0 aromatic carbocycles. The van der Waals surface area contributed by atoms with Crippen LogP contribution in [0.15, 0.2) is 12.2 Å². The van der Waals surface area contributed by atoms with Crippen LogP contribution < -0.4 is 5.32 Å². The van der Waals surface area contributed by atoms with Gasteiger partial charge in [-0.3, -0.25) is 4.79 Å². The number of carbonyl (C=O) groups excluding carboxylic acids is 1. The van der Waals surface area contributed by atoms with E-state index in [1.54, 1.807) is 4.90 Å². The Morgan fingerprint density at radius 3 is 2.86 bits per heavy atom. The van der Waals surface area contributed by atoms with Gasteiger partial charge < -0.3 is 10.2 Å². The SMILES string of the molecule is C=C(C)CN(C)C(=O)[C@H]1CCCNC1. The molecule has 0 unspecified atom stereocenters. The van der Waals surface area contributed by atoms with Crippen molar-refractivity contribution in [2.75, 3.05) is 26.7 Å². The van der Waals surface area contributed by atoms with Crippen LogP contribution in [0.2, 0.25) is 0 Å².